The molecule has 18 heavy (non-hydrogen) atoms. The summed E-state index contributed by atoms with van der Waals surface area (Å²) in [5.41, 5.74) is 1.04. The van der Waals surface area contributed by atoms with Crippen molar-refractivity contribution in [3.63, 3.8) is 0 Å². The fraction of sp³-hybridized carbons (Fsp3) is 0.0714. The highest BCUT2D eigenvalue weighted by Gasteiger charge is 2.29. The summed E-state index contributed by atoms with van der Waals surface area (Å²) in [6.45, 7) is 0. The number of aromatic nitrogens is 1. The largest absolute Gasteiger partial charge is 0.416 e. The molecule has 0 N–H and O–H groups in total. The van der Waals surface area contributed by atoms with E-state index >= 15 is 0 Å². The van der Waals surface area contributed by atoms with E-state index in [0.717, 1.165) is 23.3 Å². The number of hydrogen-bond donors (Lipinski definition) is 0. The standard InChI is InChI=1S/C14H10F3N/c15-14(16,17)13-5-3-11(4-6-13)1-2-12-7-9-18-10-8-12/h1-10H. The Morgan fingerprint density at radius 2 is 1.28 bits per heavy atom. The molecule has 2 aromatic rings. The van der Waals surface area contributed by atoms with Crippen LogP contribution >= 0.6 is 0 Å². The molecule has 0 fully saturated rings. The molecule has 0 aliphatic heterocycles. The van der Waals surface area contributed by atoms with E-state index in [1.165, 1.54) is 12.1 Å². The summed E-state index contributed by atoms with van der Waals surface area (Å²) in [5.74, 6) is 0. The van der Waals surface area contributed by atoms with Crippen molar-refractivity contribution in [1.82, 2.24) is 4.98 Å². The van der Waals surface area contributed by atoms with Gasteiger partial charge in [0.15, 0.2) is 0 Å². The Morgan fingerprint density at radius 1 is 0.778 bits per heavy atom. The summed E-state index contributed by atoms with van der Waals surface area (Å²) >= 11 is 0. The average Bonchev–Trinajstić information content (AvgIpc) is 2.37. The first-order chi connectivity index (χ1) is 8.55. The van der Waals surface area contributed by atoms with Gasteiger partial charge in [-0.3, -0.25) is 4.98 Å². The van der Waals surface area contributed by atoms with Gasteiger partial charge in [0, 0.05) is 12.4 Å². The Labute approximate surface area is 103 Å². The fourth-order valence-corrected chi connectivity index (χ4v) is 1.45. The summed E-state index contributed by atoms with van der Waals surface area (Å²) < 4.78 is 37.0. The van der Waals surface area contributed by atoms with E-state index in [4.69, 9.17) is 0 Å². The molecule has 1 nitrogen and oxygen atoms in total. The second kappa shape index (κ2) is 5.04. The third kappa shape index (κ3) is 3.20. The van der Waals surface area contributed by atoms with Crippen LogP contribution < -0.4 is 0 Å². The molecule has 0 bridgehead atoms. The molecule has 2 rings (SSSR count). The third-order valence-corrected chi connectivity index (χ3v) is 2.41. The summed E-state index contributed by atoms with van der Waals surface area (Å²) in [5, 5.41) is 0. The van der Waals surface area contributed by atoms with Crippen molar-refractivity contribution in [2.45, 2.75) is 6.18 Å². The highest BCUT2D eigenvalue weighted by atomic mass is 19.4. The molecule has 0 saturated carbocycles. The van der Waals surface area contributed by atoms with Crippen LogP contribution in [0, 0.1) is 0 Å². The first-order valence-corrected chi connectivity index (χ1v) is 5.31. The number of nitrogens with zero attached hydrogens (tertiary/aromatic N) is 1. The van der Waals surface area contributed by atoms with Crippen molar-refractivity contribution < 1.29 is 13.2 Å². The molecule has 0 spiro atoms. The number of benzene rings is 1. The van der Waals surface area contributed by atoms with Crippen molar-refractivity contribution in [2.24, 2.45) is 0 Å². The van der Waals surface area contributed by atoms with E-state index in [-0.39, 0.29) is 0 Å². The van der Waals surface area contributed by atoms with Gasteiger partial charge in [-0.1, -0.05) is 24.3 Å². The molecular weight excluding hydrogens is 239 g/mol. The zero-order chi connectivity index (χ0) is 13.0. The first kappa shape index (κ1) is 12.4. The van der Waals surface area contributed by atoms with E-state index in [2.05, 4.69) is 4.98 Å². The van der Waals surface area contributed by atoms with Crippen molar-refractivity contribution in [2.75, 3.05) is 0 Å². The number of rotatable bonds is 2. The van der Waals surface area contributed by atoms with E-state index < -0.39 is 11.7 Å². The van der Waals surface area contributed by atoms with Crippen LogP contribution in [0.25, 0.3) is 12.2 Å². The fourth-order valence-electron chi connectivity index (χ4n) is 1.45. The van der Waals surface area contributed by atoms with Crippen LogP contribution in [0.5, 0.6) is 0 Å². The molecule has 0 amide bonds. The summed E-state index contributed by atoms with van der Waals surface area (Å²) in [4.78, 5) is 3.88. The van der Waals surface area contributed by atoms with Crippen LogP contribution in [0.1, 0.15) is 16.7 Å². The minimum atomic E-state index is -4.28. The Balaban J connectivity index is 2.14. The van der Waals surface area contributed by atoms with Crippen molar-refractivity contribution in [3.8, 4) is 0 Å². The lowest BCUT2D eigenvalue weighted by molar-refractivity contribution is -0.137. The molecule has 0 saturated heterocycles. The second-order valence-corrected chi connectivity index (χ2v) is 3.73. The van der Waals surface area contributed by atoms with Gasteiger partial charge in [0.2, 0.25) is 0 Å². The van der Waals surface area contributed by atoms with E-state index in [0.29, 0.717) is 0 Å². The summed E-state index contributed by atoms with van der Waals surface area (Å²) in [7, 11) is 0. The van der Waals surface area contributed by atoms with E-state index in [1.54, 1.807) is 18.5 Å². The molecule has 4 heteroatoms. The zero-order valence-corrected chi connectivity index (χ0v) is 9.35. The average molecular weight is 249 g/mol. The molecule has 92 valence electrons. The number of pyridine rings is 1. The minimum absolute atomic E-state index is 0.636. The molecule has 0 aliphatic carbocycles. The number of hydrogen-bond acceptors (Lipinski definition) is 1. The quantitative estimate of drug-likeness (QED) is 0.774. The normalized spacial score (nSPS) is 11.9. The van der Waals surface area contributed by atoms with Crippen LogP contribution in [-0.2, 0) is 6.18 Å². The van der Waals surface area contributed by atoms with Crippen LogP contribution in [0.2, 0.25) is 0 Å². The zero-order valence-electron chi connectivity index (χ0n) is 9.35. The van der Waals surface area contributed by atoms with Gasteiger partial charge in [-0.05, 0) is 35.4 Å². The van der Waals surface area contributed by atoms with Gasteiger partial charge in [0.1, 0.15) is 0 Å². The number of alkyl halides is 3. The van der Waals surface area contributed by atoms with E-state index in [9.17, 15) is 13.2 Å². The van der Waals surface area contributed by atoms with Crippen LogP contribution in [0.15, 0.2) is 48.8 Å². The van der Waals surface area contributed by atoms with Crippen molar-refractivity contribution in [3.05, 3.63) is 65.5 Å². The van der Waals surface area contributed by atoms with Crippen LogP contribution in [0.4, 0.5) is 13.2 Å². The van der Waals surface area contributed by atoms with Gasteiger partial charge in [0.05, 0.1) is 5.56 Å². The Morgan fingerprint density at radius 3 is 1.78 bits per heavy atom. The molecule has 0 unspecified atom stereocenters. The van der Waals surface area contributed by atoms with Crippen molar-refractivity contribution in [1.29, 1.82) is 0 Å². The number of halogens is 3. The van der Waals surface area contributed by atoms with Crippen LogP contribution in [0.3, 0.4) is 0 Å². The summed E-state index contributed by atoms with van der Waals surface area (Å²) in [6.07, 6.45) is 2.62. The maximum Gasteiger partial charge on any atom is 0.416 e. The molecule has 0 aliphatic rings. The SMILES string of the molecule is FC(F)(F)c1ccc(C=Cc2ccncc2)cc1. The molecule has 1 aromatic carbocycles. The maximum absolute atomic E-state index is 12.3. The smallest absolute Gasteiger partial charge is 0.265 e. The predicted molar refractivity (Wildman–Crippen MR) is 64.6 cm³/mol. The molecule has 1 aromatic heterocycles. The highest BCUT2D eigenvalue weighted by Crippen LogP contribution is 2.29. The van der Waals surface area contributed by atoms with E-state index in [1.807, 2.05) is 18.2 Å². The van der Waals surface area contributed by atoms with Gasteiger partial charge in [-0.15, -0.1) is 0 Å². The molecule has 0 radical (unpaired) electrons. The first-order valence-electron chi connectivity index (χ1n) is 5.31. The predicted octanol–water partition coefficient (Wildman–Crippen LogP) is 4.27. The Bertz CT molecular complexity index is 527. The van der Waals surface area contributed by atoms with Gasteiger partial charge >= 0.3 is 6.18 Å². The van der Waals surface area contributed by atoms with Gasteiger partial charge in [0.25, 0.3) is 0 Å². The van der Waals surface area contributed by atoms with Crippen molar-refractivity contribution >= 4 is 12.2 Å². The Kier molecular flexibility index (Phi) is 3.46. The minimum Gasteiger partial charge on any atom is -0.265 e. The highest BCUT2D eigenvalue weighted by molar-refractivity contribution is 5.69. The monoisotopic (exact) mass is 249 g/mol. The molecular formula is C14H10F3N. The lowest BCUT2D eigenvalue weighted by atomic mass is 10.1. The second-order valence-electron chi connectivity index (χ2n) is 3.73. The van der Waals surface area contributed by atoms with Gasteiger partial charge in [-0.25, -0.2) is 0 Å². The molecule has 1 heterocycles. The van der Waals surface area contributed by atoms with Gasteiger partial charge in [-0.2, -0.15) is 13.2 Å². The van der Waals surface area contributed by atoms with Crippen LogP contribution in [-0.4, -0.2) is 4.98 Å². The summed E-state index contributed by atoms with van der Waals surface area (Å²) in [6, 6.07) is 8.68. The lowest BCUT2D eigenvalue weighted by Crippen LogP contribution is -2.03. The maximum atomic E-state index is 12.3. The van der Waals surface area contributed by atoms with Gasteiger partial charge < -0.3 is 0 Å². The molecule has 0 atom stereocenters. The Hall–Kier alpha value is -2.10. The topological polar surface area (TPSA) is 12.9 Å². The lowest BCUT2D eigenvalue weighted by Gasteiger charge is -2.05. The third-order valence-electron chi connectivity index (χ3n) is 2.41.